The molecule has 0 spiro atoms. The number of amides is 2. The maximum Gasteiger partial charge on any atom is 0.265 e. The van der Waals surface area contributed by atoms with Gasteiger partial charge in [0.1, 0.15) is 6.04 Å². The van der Waals surface area contributed by atoms with E-state index in [1.54, 1.807) is 12.4 Å². The molecular formula is C15H20N2O3. The number of carbonyl (C=O) groups excluding carboxylic acids is 2. The Labute approximate surface area is 118 Å². The Hall–Kier alpha value is -1.88. The zero-order valence-corrected chi connectivity index (χ0v) is 12.0. The maximum atomic E-state index is 12.6. The van der Waals surface area contributed by atoms with Gasteiger partial charge in [-0.3, -0.25) is 14.8 Å². The maximum absolute atomic E-state index is 12.6. The third-order valence-electron chi connectivity index (χ3n) is 4.23. The standard InChI is InChI=1S/C15H20N2O3/c1-10-4-6-12(7-5-10)15(3)8-9-17(14(15)19)11(2)13(18)16-20/h4-7,11,20H,8-9H2,1-3H3,(H,16,18)/t11-,15?/m1/s1. The molecule has 20 heavy (non-hydrogen) atoms. The van der Waals surface area contributed by atoms with Crippen LogP contribution in [0, 0.1) is 6.92 Å². The number of benzene rings is 1. The summed E-state index contributed by atoms with van der Waals surface area (Å²) in [7, 11) is 0. The van der Waals surface area contributed by atoms with Crippen molar-refractivity contribution in [3.63, 3.8) is 0 Å². The van der Waals surface area contributed by atoms with Crippen molar-refractivity contribution in [1.82, 2.24) is 10.4 Å². The first kappa shape index (κ1) is 14.5. The van der Waals surface area contributed by atoms with Crippen LogP contribution >= 0.6 is 0 Å². The summed E-state index contributed by atoms with van der Waals surface area (Å²) in [5, 5.41) is 8.69. The van der Waals surface area contributed by atoms with E-state index in [9.17, 15) is 9.59 Å². The van der Waals surface area contributed by atoms with Crippen LogP contribution in [-0.4, -0.2) is 34.5 Å². The molecule has 2 rings (SSSR count). The van der Waals surface area contributed by atoms with Crippen molar-refractivity contribution in [3.05, 3.63) is 35.4 Å². The van der Waals surface area contributed by atoms with Crippen molar-refractivity contribution in [1.29, 1.82) is 0 Å². The lowest BCUT2D eigenvalue weighted by atomic mass is 9.81. The van der Waals surface area contributed by atoms with Gasteiger partial charge in [0.15, 0.2) is 0 Å². The predicted octanol–water partition coefficient (Wildman–Crippen LogP) is 1.38. The van der Waals surface area contributed by atoms with Gasteiger partial charge in [-0.1, -0.05) is 29.8 Å². The lowest BCUT2D eigenvalue weighted by Crippen LogP contribution is -2.47. The van der Waals surface area contributed by atoms with Crippen LogP contribution in [0.3, 0.4) is 0 Å². The van der Waals surface area contributed by atoms with Crippen molar-refractivity contribution in [3.8, 4) is 0 Å². The van der Waals surface area contributed by atoms with Gasteiger partial charge in [-0.25, -0.2) is 5.48 Å². The summed E-state index contributed by atoms with van der Waals surface area (Å²) < 4.78 is 0. The van der Waals surface area contributed by atoms with Gasteiger partial charge in [-0.05, 0) is 32.8 Å². The number of carbonyl (C=O) groups is 2. The van der Waals surface area contributed by atoms with E-state index in [0.29, 0.717) is 13.0 Å². The zero-order valence-electron chi connectivity index (χ0n) is 12.0. The molecule has 5 nitrogen and oxygen atoms in total. The van der Waals surface area contributed by atoms with Crippen molar-refractivity contribution in [2.24, 2.45) is 0 Å². The number of hydrogen-bond acceptors (Lipinski definition) is 3. The highest BCUT2D eigenvalue weighted by Crippen LogP contribution is 2.36. The summed E-state index contributed by atoms with van der Waals surface area (Å²) in [6, 6.07) is 7.24. The normalized spacial score (nSPS) is 23.8. The summed E-state index contributed by atoms with van der Waals surface area (Å²) in [6.45, 7) is 6.04. The molecule has 108 valence electrons. The van der Waals surface area contributed by atoms with Gasteiger partial charge in [-0.2, -0.15) is 0 Å². The molecule has 5 heteroatoms. The first-order valence-electron chi connectivity index (χ1n) is 6.72. The molecule has 1 fully saturated rings. The minimum atomic E-state index is -0.667. The van der Waals surface area contributed by atoms with E-state index in [-0.39, 0.29) is 5.91 Å². The molecule has 1 heterocycles. The van der Waals surface area contributed by atoms with E-state index < -0.39 is 17.4 Å². The number of hydrogen-bond donors (Lipinski definition) is 2. The average Bonchev–Trinajstić information content (AvgIpc) is 2.75. The number of nitrogens with zero attached hydrogens (tertiary/aromatic N) is 1. The van der Waals surface area contributed by atoms with E-state index in [2.05, 4.69) is 0 Å². The second-order valence-electron chi connectivity index (χ2n) is 5.60. The molecule has 1 aliphatic heterocycles. The number of likely N-dealkylation sites (tertiary alicyclic amines) is 1. The van der Waals surface area contributed by atoms with Crippen molar-refractivity contribution < 1.29 is 14.8 Å². The quantitative estimate of drug-likeness (QED) is 0.647. The fraction of sp³-hybridized carbons (Fsp3) is 0.467. The molecule has 0 bridgehead atoms. The van der Waals surface area contributed by atoms with Gasteiger partial charge in [-0.15, -0.1) is 0 Å². The highest BCUT2D eigenvalue weighted by molar-refractivity contribution is 5.94. The monoisotopic (exact) mass is 276 g/mol. The molecule has 1 aromatic carbocycles. The number of hydroxylamine groups is 1. The third-order valence-corrected chi connectivity index (χ3v) is 4.23. The minimum Gasteiger partial charge on any atom is -0.330 e. The first-order chi connectivity index (χ1) is 9.40. The summed E-state index contributed by atoms with van der Waals surface area (Å²) >= 11 is 0. The fourth-order valence-electron chi connectivity index (χ4n) is 2.66. The summed E-state index contributed by atoms with van der Waals surface area (Å²) in [5.74, 6) is -0.635. The number of aryl methyl sites for hydroxylation is 1. The van der Waals surface area contributed by atoms with Crippen LogP contribution in [0.1, 0.15) is 31.4 Å². The Morgan fingerprint density at radius 3 is 2.55 bits per heavy atom. The van der Waals surface area contributed by atoms with Crippen molar-refractivity contribution in [2.75, 3.05) is 6.54 Å². The predicted molar refractivity (Wildman–Crippen MR) is 74.3 cm³/mol. The van der Waals surface area contributed by atoms with Gasteiger partial charge in [0.25, 0.3) is 5.91 Å². The fourth-order valence-corrected chi connectivity index (χ4v) is 2.66. The van der Waals surface area contributed by atoms with Crippen LogP contribution < -0.4 is 5.48 Å². The topological polar surface area (TPSA) is 69.6 Å². The van der Waals surface area contributed by atoms with Crippen LogP contribution in [0.5, 0.6) is 0 Å². The lowest BCUT2D eigenvalue weighted by Gasteiger charge is -2.27. The average molecular weight is 276 g/mol. The van der Waals surface area contributed by atoms with E-state index >= 15 is 0 Å². The minimum absolute atomic E-state index is 0.0718. The first-order valence-corrected chi connectivity index (χ1v) is 6.72. The van der Waals surface area contributed by atoms with Gasteiger partial charge >= 0.3 is 0 Å². The molecule has 2 atom stereocenters. The molecule has 1 aliphatic rings. The van der Waals surface area contributed by atoms with Crippen molar-refractivity contribution >= 4 is 11.8 Å². The highest BCUT2D eigenvalue weighted by atomic mass is 16.5. The molecule has 2 N–H and O–H groups in total. The Balaban J connectivity index is 2.26. The van der Waals surface area contributed by atoms with Gasteiger partial charge in [0.05, 0.1) is 5.41 Å². The molecule has 1 saturated heterocycles. The molecule has 1 unspecified atom stereocenters. The molecule has 2 amide bonds. The van der Waals surface area contributed by atoms with Gasteiger partial charge < -0.3 is 4.90 Å². The molecule has 1 aromatic rings. The van der Waals surface area contributed by atoms with E-state index in [1.165, 1.54) is 4.90 Å². The summed E-state index contributed by atoms with van der Waals surface area (Å²) in [5.41, 5.74) is 3.12. The summed E-state index contributed by atoms with van der Waals surface area (Å²) in [4.78, 5) is 25.6. The zero-order chi connectivity index (χ0) is 14.9. The van der Waals surface area contributed by atoms with Crippen LogP contribution in [-0.2, 0) is 15.0 Å². The van der Waals surface area contributed by atoms with E-state index in [4.69, 9.17) is 5.21 Å². The van der Waals surface area contributed by atoms with Crippen molar-refractivity contribution in [2.45, 2.75) is 38.6 Å². The largest absolute Gasteiger partial charge is 0.330 e. The highest BCUT2D eigenvalue weighted by Gasteiger charge is 2.46. The Morgan fingerprint density at radius 2 is 2.00 bits per heavy atom. The molecule has 0 aliphatic carbocycles. The van der Waals surface area contributed by atoms with Crippen LogP contribution in [0.4, 0.5) is 0 Å². The number of rotatable bonds is 3. The smallest absolute Gasteiger partial charge is 0.265 e. The van der Waals surface area contributed by atoms with E-state index in [1.807, 2.05) is 38.1 Å². The Morgan fingerprint density at radius 1 is 1.40 bits per heavy atom. The third kappa shape index (κ3) is 2.29. The molecule has 0 saturated carbocycles. The Bertz CT molecular complexity index is 526. The van der Waals surface area contributed by atoms with E-state index in [0.717, 1.165) is 11.1 Å². The second kappa shape index (κ2) is 5.25. The van der Waals surface area contributed by atoms with Crippen LogP contribution in [0.15, 0.2) is 24.3 Å². The molecular weight excluding hydrogens is 256 g/mol. The van der Waals surface area contributed by atoms with Crippen LogP contribution in [0.2, 0.25) is 0 Å². The molecule has 0 radical (unpaired) electrons. The van der Waals surface area contributed by atoms with Gasteiger partial charge in [0, 0.05) is 6.54 Å². The lowest BCUT2D eigenvalue weighted by molar-refractivity contribution is -0.143. The summed E-state index contributed by atoms with van der Waals surface area (Å²) in [6.07, 6.45) is 0.665. The SMILES string of the molecule is Cc1ccc(C2(C)CCN([C@H](C)C(=O)NO)C2=O)cc1. The number of nitrogens with one attached hydrogen (secondary N) is 1. The molecule has 0 aromatic heterocycles. The Kier molecular flexibility index (Phi) is 3.81. The second-order valence-corrected chi connectivity index (χ2v) is 5.60. The van der Waals surface area contributed by atoms with Gasteiger partial charge in [0.2, 0.25) is 5.91 Å². The van der Waals surface area contributed by atoms with Crippen LogP contribution in [0.25, 0.3) is 0 Å².